The first-order valence-corrected chi connectivity index (χ1v) is 8.61. The van der Waals surface area contributed by atoms with Gasteiger partial charge in [0, 0.05) is 29.5 Å². The average Bonchev–Trinajstić information content (AvgIpc) is 3.09. The van der Waals surface area contributed by atoms with Crippen molar-refractivity contribution in [3.63, 3.8) is 0 Å². The van der Waals surface area contributed by atoms with E-state index < -0.39 is 5.97 Å². The molecule has 0 spiro atoms. The molecule has 26 heavy (non-hydrogen) atoms. The first-order valence-electron chi connectivity index (χ1n) is 7.86. The third-order valence-electron chi connectivity index (χ3n) is 3.80. The van der Waals surface area contributed by atoms with Crippen molar-refractivity contribution in [2.24, 2.45) is 0 Å². The van der Waals surface area contributed by atoms with Crippen molar-refractivity contribution in [3.8, 4) is 5.75 Å². The van der Waals surface area contributed by atoms with E-state index >= 15 is 0 Å². The van der Waals surface area contributed by atoms with Gasteiger partial charge in [-0.15, -0.1) is 0 Å². The summed E-state index contributed by atoms with van der Waals surface area (Å²) in [6, 6.07) is 10.2. The van der Waals surface area contributed by atoms with E-state index in [1.165, 1.54) is 6.07 Å². The number of ether oxygens (including phenoxy) is 1. The summed E-state index contributed by atoms with van der Waals surface area (Å²) in [5, 5.41) is 0.699. The van der Waals surface area contributed by atoms with E-state index in [4.69, 9.17) is 27.9 Å². The molecule has 1 heterocycles. The quantitative estimate of drug-likeness (QED) is 0.433. The molecule has 3 rings (SSSR count). The van der Waals surface area contributed by atoms with Crippen LogP contribution >= 0.6 is 23.2 Å². The third-order valence-corrected chi connectivity index (χ3v) is 4.35. The van der Waals surface area contributed by atoms with Gasteiger partial charge in [0.25, 0.3) is 0 Å². The predicted octanol–water partition coefficient (Wildman–Crippen LogP) is 5.43. The predicted molar refractivity (Wildman–Crippen MR) is 104 cm³/mol. The molecule has 0 saturated heterocycles. The van der Waals surface area contributed by atoms with Crippen LogP contribution in [-0.2, 0) is 6.54 Å². The fourth-order valence-corrected chi connectivity index (χ4v) is 2.99. The van der Waals surface area contributed by atoms with Crippen molar-refractivity contribution < 1.29 is 9.53 Å². The monoisotopic (exact) mass is 386 g/mol. The lowest BCUT2D eigenvalue weighted by molar-refractivity contribution is 0.0734. The molecule has 0 bridgehead atoms. The number of benzene rings is 2. The topological polar surface area (TPSA) is 44.1 Å². The molecule has 0 aliphatic rings. The maximum atomic E-state index is 12.5. The lowest BCUT2D eigenvalue weighted by Crippen LogP contribution is -2.11. The van der Waals surface area contributed by atoms with Gasteiger partial charge in [0.05, 0.1) is 16.9 Å². The van der Waals surface area contributed by atoms with E-state index in [2.05, 4.69) is 11.6 Å². The summed E-state index contributed by atoms with van der Waals surface area (Å²) in [4.78, 5) is 16.6. The van der Waals surface area contributed by atoms with Crippen LogP contribution in [-0.4, -0.2) is 15.5 Å². The van der Waals surface area contributed by atoms with Crippen LogP contribution in [0.15, 0.2) is 61.7 Å². The Morgan fingerprint density at radius 2 is 2.00 bits per heavy atom. The molecule has 0 aliphatic heterocycles. The van der Waals surface area contributed by atoms with Crippen molar-refractivity contribution in [1.82, 2.24) is 9.55 Å². The normalized spacial score (nSPS) is 10.6. The molecule has 0 N–H and O–H groups in total. The SMILES string of the molecule is C=C(Cn1ccnc1)c1cc(C)ccc1OC(=O)c1ccc(Cl)cc1Cl. The highest BCUT2D eigenvalue weighted by molar-refractivity contribution is 6.36. The van der Waals surface area contributed by atoms with E-state index in [1.54, 1.807) is 30.7 Å². The van der Waals surface area contributed by atoms with Crippen molar-refractivity contribution in [1.29, 1.82) is 0 Å². The summed E-state index contributed by atoms with van der Waals surface area (Å²) in [5.74, 6) is -0.121. The molecule has 2 aromatic carbocycles. The van der Waals surface area contributed by atoms with Crippen LogP contribution in [0.1, 0.15) is 21.5 Å². The number of aromatic nitrogens is 2. The Balaban J connectivity index is 1.87. The van der Waals surface area contributed by atoms with Gasteiger partial charge >= 0.3 is 5.97 Å². The van der Waals surface area contributed by atoms with E-state index in [9.17, 15) is 4.79 Å². The summed E-state index contributed by atoms with van der Waals surface area (Å²) in [7, 11) is 0. The highest BCUT2D eigenvalue weighted by atomic mass is 35.5. The molecule has 4 nitrogen and oxygen atoms in total. The first kappa shape index (κ1) is 18.2. The van der Waals surface area contributed by atoms with Gasteiger partial charge in [0.2, 0.25) is 0 Å². The molecule has 0 radical (unpaired) electrons. The van der Waals surface area contributed by atoms with E-state index in [0.29, 0.717) is 17.3 Å². The molecule has 0 saturated carbocycles. The minimum atomic E-state index is -0.549. The molecule has 0 atom stereocenters. The smallest absolute Gasteiger partial charge is 0.345 e. The minimum Gasteiger partial charge on any atom is -0.422 e. The van der Waals surface area contributed by atoms with Gasteiger partial charge in [-0.1, -0.05) is 41.4 Å². The van der Waals surface area contributed by atoms with Crippen LogP contribution in [0.4, 0.5) is 0 Å². The summed E-state index contributed by atoms with van der Waals surface area (Å²) < 4.78 is 7.49. The van der Waals surface area contributed by atoms with Gasteiger partial charge in [0.1, 0.15) is 5.75 Å². The number of rotatable bonds is 5. The molecular formula is C20H16Cl2N2O2. The summed E-state index contributed by atoms with van der Waals surface area (Å²) in [6.45, 7) is 6.63. The van der Waals surface area contributed by atoms with Gasteiger partial charge in [-0.05, 0) is 42.8 Å². The van der Waals surface area contributed by atoms with Crippen molar-refractivity contribution in [2.75, 3.05) is 0 Å². The molecule has 0 unspecified atom stereocenters. The second-order valence-corrected chi connectivity index (χ2v) is 6.70. The van der Waals surface area contributed by atoms with Crippen LogP contribution in [0.3, 0.4) is 0 Å². The Bertz CT molecular complexity index is 966. The number of allylic oxidation sites excluding steroid dienone is 1. The fraction of sp³-hybridized carbons (Fsp3) is 0.100. The van der Waals surface area contributed by atoms with E-state index in [0.717, 1.165) is 16.7 Å². The molecular weight excluding hydrogens is 371 g/mol. The standard InChI is InChI=1S/C20H16Cl2N2O2/c1-13-3-6-19(17(9-13)14(2)11-24-8-7-23-12-24)26-20(25)16-5-4-15(21)10-18(16)22/h3-10,12H,2,11H2,1H3. The molecule has 0 aliphatic carbocycles. The Hall–Kier alpha value is -2.56. The molecule has 132 valence electrons. The minimum absolute atomic E-state index is 0.244. The second kappa shape index (κ2) is 7.77. The molecule has 1 aromatic heterocycles. The Morgan fingerprint density at radius 1 is 1.19 bits per heavy atom. The lowest BCUT2D eigenvalue weighted by atomic mass is 10.0. The number of carbonyl (C=O) groups excluding carboxylic acids is 1. The molecule has 6 heteroatoms. The van der Waals surface area contributed by atoms with Crippen molar-refractivity contribution in [3.05, 3.63) is 88.4 Å². The number of carbonyl (C=O) groups is 1. The van der Waals surface area contributed by atoms with Crippen LogP contribution in [0.2, 0.25) is 10.0 Å². The maximum absolute atomic E-state index is 12.5. The number of aryl methyl sites for hydroxylation is 1. The van der Waals surface area contributed by atoms with Gasteiger partial charge in [0.15, 0.2) is 0 Å². The maximum Gasteiger partial charge on any atom is 0.345 e. The molecule has 0 amide bonds. The van der Waals surface area contributed by atoms with Crippen molar-refractivity contribution in [2.45, 2.75) is 13.5 Å². The van der Waals surface area contributed by atoms with Gasteiger partial charge < -0.3 is 9.30 Å². The number of hydrogen-bond donors (Lipinski definition) is 0. The van der Waals surface area contributed by atoms with Crippen molar-refractivity contribution >= 4 is 34.7 Å². The van der Waals surface area contributed by atoms with Gasteiger partial charge in [-0.2, -0.15) is 0 Å². The van der Waals surface area contributed by atoms with E-state index in [1.807, 2.05) is 29.8 Å². The highest BCUT2D eigenvalue weighted by Gasteiger charge is 2.16. The summed E-state index contributed by atoms with van der Waals surface area (Å²) >= 11 is 12.0. The zero-order valence-electron chi connectivity index (χ0n) is 14.1. The number of imidazole rings is 1. The highest BCUT2D eigenvalue weighted by Crippen LogP contribution is 2.29. The zero-order chi connectivity index (χ0) is 18.7. The lowest BCUT2D eigenvalue weighted by Gasteiger charge is -2.14. The molecule has 3 aromatic rings. The zero-order valence-corrected chi connectivity index (χ0v) is 15.6. The number of nitrogens with zero attached hydrogens (tertiary/aromatic N) is 2. The Morgan fingerprint density at radius 3 is 2.69 bits per heavy atom. The Labute approximate surface area is 161 Å². The van der Waals surface area contributed by atoms with E-state index in [-0.39, 0.29) is 10.6 Å². The van der Waals surface area contributed by atoms with Gasteiger partial charge in [-0.3, -0.25) is 0 Å². The van der Waals surface area contributed by atoms with Crippen LogP contribution in [0, 0.1) is 6.92 Å². The fourth-order valence-electron chi connectivity index (χ4n) is 2.50. The summed E-state index contributed by atoms with van der Waals surface area (Å²) in [5.41, 5.74) is 2.85. The Kier molecular flexibility index (Phi) is 5.45. The van der Waals surface area contributed by atoms with Crippen LogP contribution in [0.25, 0.3) is 5.57 Å². The second-order valence-electron chi connectivity index (χ2n) is 5.85. The first-order chi connectivity index (χ1) is 12.4. The van der Waals surface area contributed by atoms with Crippen LogP contribution < -0.4 is 4.74 Å². The largest absolute Gasteiger partial charge is 0.422 e. The third kappa shape index (κ3) is 4.15. The molecule has 0 fully saturated rings. The van der Waals surface area contributed by atoms with Gasteiger partial charge in [-0.25, -0.2) is 9.78 Å². The average molecular weight is 387 g/mol. The summed E-state index contributed by atoms with van der Waals surface area (Å²) in [6.07, 6.45) is 5.26. The number of esters is 1. The number of halogens is 2. The number of hydrogen-bond acceptors (Lipinski definition) is 3. The van der Waals surface area contributed by atoms with Crippen LogP contribution in [0.5, 0.6) is 5.75 Å².